The molecule has 0 saturated carbocycles. The highest BCUT2D eigenvalue weighted by atomic mass is 16.4. The molecule has 0 radical (unpaired) electrons. The number of carboxylic acids is 1. The van der Waals surface area contributed by atoms with Crippen LogP contribution in [0, 0.1) is 11.3 Å². The predicted molar refractivity (Wildman–Crippen MR) is 87.0 cm³/mol. The summed E-state index contributed by atoms with van der Waals surface area (Å²) in [5.74, 6) is -1.01. The van der Waals surface area contributed by atoms with Crippen molar-refractivity contribution in [1.29, 1.82) is 5.26 Å². The molecule has 0 fully saturated rings. The van der Waals surface area contributed by atoms with Crippen LogP contribution < -0.4 is 0 Å². The predicted octanol–water partition coefficient (Wildman–Crippen LogP) is 4.27. The van der Waals surface area contributed by atoms with Crippen molar-refractivity contribution in [3.05, 3.63) is 77.9 Å². The van der Waals surface area contributed by atoms with Crippen LogP contribution in [0.4, 0.5) is 0 Å². The maximum absolute atomic E-state index is 11.2. The van der Waals surface area contributed by atoms with Crippen LogP contribution in [-0.2, 0) is 4.79 Å². The van der Waals surface area contributed by atoms with Gasteiger partial charge in [0.05, 0.1) is 5.56 Å². The van der Waals surface area contributed by atoms with Crippen molar-refractivity contribution in [3.63, 3.8) is 0 Å². The molecule has 2 aromatic rings. The molecule has 0 saturated heterocycles. The fraction of sp³-hybridized carbons (Fsp3) is 0.0526. The van der Waals surface area contributed by atoms with E-state index in [9.17, 15) is 15.2 Å². The number of nitriles is 1. The number of allylic oxidation sites excluding steroid dienone is 1. The first-order valence-corrected chi connectivity index (χ1v) is 6.80. The lowest BCUT2D eigenvalue weighted by molar-refractivity contribution is -0.132. The van der Waals surface area contributed by atoms with Crippen LogP contribution in [0.25, 0.3) is 17.2 Å². The van der Waals surface area contributed by atoms with Crippen LogP contribution in [0.2, 0.25) is 0 Å². The van der Waals surface area contributed by atoms with Crippen LogP contribution >= 0.6 is 0 Å². The van der Waals surface area contributed by atoms with Gasteiger partial charge in [0.1, 0.15) is 6.07 Å². The largest absolute Gasteiger partial charge is 0.478 e. The lowest BCUT2D eigenvalue weighted by Crippen LogP contribution is -2.00. The molecule has 0 aliphatic heterocycles. The molecule has 108 valence electrons. The van der Waals surface area contributed by atoms with E-state index in [-0.39, 0.29) is 12.0 Å². The molecule has 0 atom stereocenters. The fourth-order valence-corrected chi connectivity index (χ4v) is 2.22. The molecule has 0 bridgehead atoms. The summed E-state index contributed by atoms with van der Waals surface area (Å²) in [6.07, 6.45) is 3.32. The third-order valence-corrected chi connectivity index (χ3v) is 3.26. The standard InChI is InChI=1S/C19H15NO2/c1-2-7-16(19(21)22)12-15-10-6-11-17(18(15)13-20)14-8-4-3-5-9-14/h2-6,8-12H,1,7H2,(H,21,22). The summed E-state index contributed by atoms with van der Waals surface area (Å²) < 4.78 is 0. The molecule has 0 amide bonds. The number of nitrogens with zero attached hydrogens (tertiary/aromatic N) is 1. The number of aliphatic carboxylic acids is 1. The molecular formula is C19H15NO2. The zero-order valence-corrected chi connectivity index (χ0v) is 12.0. The Morgan fingerprint density at radius 1 is 1.18 bits per heavy atom. The van der Waals surface area contributed by atoms with E-state index in [1.165, 1.54) is 12.2 Å². The minimum atomic E-state index is -1.01. The smallest absolute Gasteiger partial charge is 0.331 e. The van der Waals surface area contributed by atoms with Gasteiger partial charge in [-0.1, -0.05) is 54.6 Å². The Bertz CT molecular complexity index is 768. The summed E-state index contributed by atoms with van der Waals surface area (Å²) in [5, 5.41) is 18.7. The Hall–Kier alpha value is -3.12. The van der Waals surface area contributed by atoms with Gasteiger partial charge in [0.15, 0.2) is 0 Å². The van der Waals surface area contributed by atoms with E-state index < -0.39 is 5.97 Å². The molecule has 0 aliphatic carbocycles. The Morgan fingerprint density at radius 3 is 2.50 bits per heavy atom. The van der Waals surface area contributed by atoms with E-state index in [0.717, 1.165) is 11.1 Å². The minimum absolute atomic E-state index is 0.205. The third kappa shape index (κ3) is 3.31. The number of carboxylic acid groups (broad SMARTS) is 1. The summed E-state index contributed by atoms with van der Waals surface area (Å²) in [6.45, 7) is 3.56. The zero-order valence-electron chi connectivity index (χ0n) is 12.0. The quantitative estimate of drug-likeness (QED) is 0.660. The highest BCUT2D eigenvalue weighted by Gasteiger charge is 2.11. The summed E-state index contributed by atoms with van der Waals surface area (Å²) in [7, 11) is 0. The highest BCUT2D eigenvalue weighted by molar-refractivity contribution is 5.93. The molecule has 22 heavy (non-hydrogen) atoms. The molecular weight excluding hydrogens is 274 g/mol. The Labute approximate surface area is 129 Å². The summed E-state index contributed by atoms with van der Waals surface area (Å²) in [4.78, 5) is 11.2. The van der Waals surface area contributed by atoms with Crippen LogP contribution in [-0.4, -0.2) is 11.1 Å². The van der Waals surface area contributed by atoms with Crippen LogP contribution in [0.1, 0.15) is 17.5 Å². The average Bonchev–Trinajstić information content (AvgIpc) is 2.55. The average molecular weight is 289 g/mol. The molecule has 0 heterocycles. The molecule has 1 N–H and O–H groups in total. The normalized spacial score (nSPS) is 10.8. The van der Waals surface area contributed by atoms with Gasteiger partial charge in [0.2, 0.25) is 0 Å². The van der Waals surface area contributed by atoms with E-state index in [1.807, 2.05) is 42.5 Å². The molecule has 2 aromatic carbocycles. The van der Waals surface area contributed by atoms with Crippen LogP contribution in [0.3, 0.4) is 0 Å². The van der Waals surface area contributed by atoms with Gasteiger partial charge < -0.3 is 5.11 Å². The van der Waals surface area contributed by atoms with E-state index >= 15 is 0 Å². The first-order chi connectivity index (χ1) is 10.7. The van der Waals surface area contributed by atoms with Gasteiger partial charge in [-0.2, -0.15) is 5.26 Å². The maximum Gasteiger partial charge on any atom is 0.331 e. The molecule has 0 aliphatic rings. The van der Waals surface area contributed by atoms with Gasteiger partial charge in [-0.3, -0.25) is 0 Å². The van der Waals surface area contributed by atoms with E-state index in [1.54, 1.807) is 6.07 Å². The van der Waals surface area contributed by atoms with Gasteiger partial charge in [-0.25, -0.2) is 4.79 Å². The highest BCUT2D eigenvalue weighted by Crippen LogP contribution is 2.27. The van der Waals surface area contributed by atoms with Gasteiger partial charge in [-0.05, 0) is 23.6 Å². The van der Waals surface area contributed by atoms with Crippen LogP contribution in [0.5, 0.6) is 0 Å². The van der Waals surface area contributed by atoms with Gasteiger partial charge >= 0.3 is 5.97 Å². The molecule has 3 nitrogen and oxygen atoms in total. The summed E-state index contributed by atoms with van der Waals surface area (Å²) in [5.41, 5.74) is 2.99. The Kier molecular flexibility index (Phi) is 4.89. The van der Waals surface area contributed by atoms with E-state index in [4.69, 9.17) is 0 Å². The number of carbonyl (C=O) groups is 1. The van der Waals surface area contributed by atoms with E-state index in [2.05, 4.69) is 12.6 Å². The SMILES string of the molecule is C=CCC(=Cc1cccc(-c2ccccc2)c1C#N)C(=O)O. The van der Waals surface area contributed by atoms with Crippen molar-refractivity contribution in [2.45, 2.75) is 6.42 Å². The van der Waals surface area contributed by atoms with Crippen molar-refractivity contribution in [2.75, 3.05) is 0 Å². The fourth-order valence-electron chi connectivity index (χ4n) is 2.22. The second-order valence-electron chi connectivity index (χ2n) is 4.72. The number of hydrogen-bond acceptors (Lipinski definition) is 2. The van der Waals surface area contributed by atoms with Crippen molar-refractivity contribution >= 4 is 12.0 Å². The molecule has 3 heteroatoms. The van der Waals surface area contributed by atoms with Crippen molar-refractivity contribution < 1.29 is 9.90 Å². The second kappa shape index (κ2) is 7.05. The van der Waals surface area contributed by atoms with Crippen LogP contribution in [0.15, 0.2) is 66.8 Å². The third-order valence-electron chi connectivity index (χ3n) is 3.26. The van der Waals surface area contributed by atoms with Gasteiger partial charge in [-0.15, -0.1) is 6.58 Å². The number of rotatable bonds is 5. The molecule has 0 spiro atoms. The van der Waals surface area contributed by atoms with Gasteiger partial charge in [0.25, 0.3) is 0 Å². The Balaban J connectivity index is 2.60. The summed E-state index contributed by atoms with van der Waals surface area (Å²) in [6, 6.07) is 17.2. The van der Waals surface area contributed by atoms with Crippen molar-refractivity contribution in [1.82, 2.24) is 0 Å². The number of hydrogen-bond donors (Lipinski definition) is 1. The molecule has 0 aromatic heterocycles. The van der Waals surface area contributed by atoms with Crippen molar-refractivity contribution in [2.24, 2.45) is 0 Å². The van der Waals surface area contributed by atoms with Gasteiger partial charge in [0, 0.05) is 11.1 Å². The maximum atomic E-state index is 11.2. The first-order valence-electron chi connectivity index (χ1n) is 6.80. The topological polar surface area (TPSA) is 61.1 Å². The minimum Gasteiger partial charge on any atom is -0.478 e. The lowest BCUT2D eigenvalue weighted by Gasteiger charge is -2.08. The monoisotopic (exact) mass is 289 g/mol. The second-order valence-corrected chi connectivity index (χ2v) is 4.72. The summed E-state index contributed by atoms with van der Waals surface area (Å²) >= 11 is 0. The molecule has 2 rings (SSSR count). The zero-order chi connectivity index (χ0) is 15.9. The lowest BCUT2D eigenvalue weighted by atomic mass is 9.94. The first kappa shape index (κ1) is 15.3. The van der Waals surface area contributed by atoms with E-state index in [0.29, 0.717) is 11.1 Å². The number of benzene rings is 2. The Morgan fingerprint density at radius 2 is 1.91 bits per heavy atom. The van der Waals surface area contributed by atoms with Crippen molar-refractivity contribution in [3.8, 4) is 17.2 Å². The molecule has 0 unspecified atom stereocenters.